The van der Waals surface area contributed by atoms with Crippen molar-refractivity contribution in [2.45, 2.75) is 26.4 Å². The number of hydrogen-bond acceptors (Lipinski definition) is 4. The van der Waals surface area contributed by atoms with E-state index in [1.54, 1.807) is 20.8 Å². The van der Waals surface area contributed by atoms with Crippen molar-refractivity contribution in [3.05, 3.63) is 23.8 Å². The lowest BCUT2D eigenvalue weighted by atomic mass is 10.2. The Hall–Kier alpha value is -2.22. The van der Waals surface area contributed by atoms with Gasteiger partial charge >= 0.3 is 6.09 Å². The van der Waals surface area contributed by atoms with E-state index in [2.05, 4.69) is 5.32 Å². The molecule has 0 aromatic heterocycles. The Morgan fingerprint density at radius 2 is 2.12 bits per heavy atom. The SMILES string of the molecule is CC(C)(C)OC(=O)Nc1c(O)cccc1C#N. The highest BCUT2D eigenvalue weighted by Crippen LogP contribution is 2.27. The summed E-state index contributed by atoms with van der Waals surface area (Å²) in [6.45, 7) is 5.17. The predicted octanol–water partition coefficient (Wildman–Crippen LogP) is 2.61. The molecule has 1 amide bonds. The zero-order valence-corrected chi connectivity index (χ0v) is 9.94. The molecule has 5 nitrogen and oxygen atoms in total. The zero-order chi connectivity index (χ0) is 13.1. The Balaban J connectivity index is 2.89. The molecule has 0 saturated carbocycles. The Morgan fingerprint density at radius 1 is 1.47 bits per heavy atom. The van der Waals surface area contributed by atoms with Gasteiger partial charge in [0.05, 0.1) is 5.56 Å². The fraction of sp³-hybridized carbons (Fsp3) is 0.333. The molecule has 0 unspecified atom stereocenters. The van der Waals surface area contributed by atoms with E-state index in [1.165, 1.54) is 18.2 Å². The Kier molecular flexibility index (Phi) is 3.59. The molecule has 0 aliphatic rings. The summed E-state index contributed by atoms with van der Waals surface area (Å²) >= 11 is 0. The van der Waals surface area contributed by atoms with E-state index in [1.807, 2.05) is 6.07 Å². The smallest absolute Gasteiger partial charge is 0.412 e. The highest BCUT2D eigenvalue weighted by Gasteiger charge is 2.18. The third kappa shape index (κ3) is 3.68. The van der Waals surface area contributed by atoms with Gasteiger partial charge in [-0.25, -0.2) is 4.79 Å². The third-order valence-corrected chi connectivity index (χ3v) is 1.79. The second-order valence-corrected chi connectivity index (χ2v) is 4.44. The first kappa shape index (κ1) is 12.8. The molecule has 0 bridgehead atoms. The first-order valence-corrected chi connectivity index (χ1v) is 5.05. The highest BCUT2D eigenvalue weighted by molar-refractivity contribution is 5.89. The van der Waals surface area contributed by atoms with E-state index in [9.17, 15) is 9.90 Å². The van der Waals surface area contributed by atoms with Gasteiger partial charge in [-0.15, -0.1) is 0 Å². The van der Waals surface area contributed by atoms with Crippen LogP contribution < -0.4 is 5.32 Å². The average molecular weight is 234 g/mol. The summed E-state index contributed by atoms with van der Waals surface area (Å²) in [4.78, 5) is 11.5. The molecule has 0 saturated heterocycles. The normalized spacial score (nSPS) is 10.5. The molecule has 1 aromatic rings. The van der Waals surface area contributed by atoms with E-state index in [0.29, 0.717) is 0 Å². The quantitative estimate of drug-likeness (QED) is 0.732. The number of para-hydroxylation sites is 1. The number of rotatable bonds is 1. The van der Waals surface area contributed by atoms with E-state index in [0.717, 1.165) is 0 Å². The van der Waals surface area contributed by atoms with Crippen molar-refractivity contribution >= 4 is 11.8 Å². The summed E-state index contributed by atoms with van der Waals surface area (Å²) in [6, 6.07) is 6.27. The standard InChI is InChI=1S/C12H14N2O3/c1-12(2,3)17-11(16)14-10-8(7-13)5-4-6-9(10)15/h4-6,15H,1-3H3,(H,14,16). The summed E-state index contributed by atoms with van der Waals surface area (Å²) in [7, 11) is 0. The van der Waals surface area contributed by atoms with Crippen LogP contribution in [0.3, 0.4) is 0 Å². The fourth-order valence-corrected chi connectivity index (χ4v) is 1.17. The van der Waals surface area contributed by atoms with Crippen molar-refractivity contribution in [3.8, 4) is 11.8 Å². The molecule has 0 aliphatic carbocycles. The number of aromatic hydroxyl groups is 1. The predicted molar refractivity (Wildman–Crippen MR) is 62.7 cm³/mol. The van der Waals surface area contributed by atoms with Crippen LogP contribution in [0.2, 0.25) is 0 Å². The summed E-state index contributed by atoms with van der Waals surface area (Å²) in [5.41, 5.74) is -0.401. The Morgan fingerprint density at radius 3 is 2.65 bits per heavy atom. The number of nitrogens with zero attached hydrogens (tertiary/aromatic N) is 1. The first-order valence-electron chi connectivity index (χ1n) is 5.05. The van der Waals surface area contributed by atoms with Crippen molar-refractivity contribution in [2.75, 3.05) is 5.32 Å². The molecule has 0 atom stereocenters. The maximum absolute atomic E-state index is 11.5. The number of carbonyl (C=O) groups is 1. The summed E-state index contributed by atoms with van der Waals surface area (Å²) in [6.07, 6.45) is -0.712. The number of phenolic OH excluding ortho intramolecular Hbond substituents is 1. The van der Waals surface area contributed by atoms with Crippen molar-refractivity contribution in [3.63, 3.8) is 0 Å². The molecule has 0 spiro atoms. The molecular weight excluding hydrogens is 220 g/mol. The van der Waals surface area contributed by atoms with Crippen LogP contribution in [0.25, 0.3) is 0 Å². The van der Waals surface area contributed by atoms with Gasteiger partial charge in [0, 0.05) is 0 Å². The van der Waals surface area contributed by atoms with E-state index in [-0.39, 0.29) is 17.0 Å². The van der Waals surface area contributed by atoms with Crippen molar-refractivity contribution in [1.29, 1.82) is 5.26 Å². The second-order valence-electron chi connectivity index (χ2n) is 4.44. The molecule has 1 aromatic carbocycles. The lowest BCUT2D eigenvalue weighted by Crippen LogP contribution is -2.27. The van der Waals surface area contributed by atoms with Gasteiger partial charge in [0.1, 0.15) is 23.1 Å². The lowest BCUT2D eigenvalue weighted by Gasteiger charge is -2.20. The molecule has 0 heterocycles. The fourth-order valence-electron chi connectivity index (χ4n) is 1.17. The van der Waals surface area contributed by atoms with Crippen LogP contribution in [0.15, 0.2) is 18.2 Å². The third-order valence-electron chi connectivity index (χ3n) is 1.79. The van der Waals surface area contributed by atoms with Gasteiger partial charge in [-0.1, -0.05) is 6.07 Å². The van der Waals surface area contributed by atoms with Crippen molar-refractivity contribution in [2.24, 2.45) is 0 Å². The lowest BCUT2D eigenvalue weighted by molar-refractivity contribution is 0.0635. The first-order chi connectivity index (χ1) is 7.83. The Labute approximate surface area is 99.6 Å². The minimum Gasteiger partial charge on any atom is -0.506 e. The van der Waals surface area contributed by atoms with Gasteiger partial charge in [-0.2, -0.15) is 5.26 Å². The van der Waals surface area contributed by atoms with E-state index in [4.69, 9.17) is 10.00 Å². The Bertz CT molecular complexity index is 470. The van der Waals surface area contributed by atoms with Gasteiger partial charge in [0.25, 0.3) is 0 Å². The molecule has 5 heteroatoms. The van der Waals surface area contributed by atoms with Crippen LogP contribution in [0.4, 0.5) is 10.5 Å². The average Bonchev–Trinajstić information content (AvgIpc) is 2.18. The molecule has 0 radical (unpaired) electrons. The molecule has 2 N–H and O–H groups in total. The molecule has 0 fully saturated rings. The molecule has 17 heavy (non-hydrogen) atoms. The maximum Gasteiger partial charge on any atom is 0.412 e. The van der Waals surface area contributed by atoms with Gasteiger partial charge < -0.3 is 9.84 Å². The van der Waals surface area contributed by atoms with Crippen LogP contribution >= 0.6 is 0 Å². The van der Waals surface area contributed by atoms with Crippen LogP contribution in [0.5, 0.6) is 5.75 Å². The van der Waals surface area contributed by atoms with Crippen molar-refractivity contribution in [1.82, 2.24) is 0 Å². The maximum atomic E-state index is 11.5. The largest absolute Gasteiger partial charge is 0.506 e. The monoisotopic (exact) mass is 234 g/mol. The van der Waals surface area contributed by atoms with Crippen LogP contribution in [-0.4, -0.2) is 16.8 Å². The number of carbonyl (C=O) groups excluding carboxylic acids is 1. The zero-order valence-electron chi connectivity index (χ0n) is 9.94. The van der Waals surface area contributed by atoms with E-state index < -0.39 is 11.7 Å². The van der Waals surface area contributed by atoms with Crippen LogP contribution in [-0.2, 0) is 4.74 Å². The topological polar surface area (TPSA) is 82.3 Å². The molecular formula is C12H14N2O3. The molecule has 90 valence electrons. The van der Waals surface area contributed by atoms with Crippen molar-refractivity contribution < 1.29 is 14.6 Å². The van der Waals surface area contributed by atoms with E-state index >= 15 is 0 Å². The van der Waals surface area contributed by atoms with Gasteiger partial charge in [-0.3, -0.25) is 5.32 Å². The summed E-state index contributed by atoms with van der Waals surface area (Å²) in [5.74, 6) is -0.171. The van der Waals surface area contributed by atoms with Gasteiger partial charge in [-0.05, 0) is 32.9 Å². The number of hydrogen-bond donors (Lipinski definition) is 2. The number of anilines is 1. The number of nitrogens with one attached hydrogen (secondary N) is 1. The summed E-state index contributed by atoms with van der Waals surface area (Å²) < 4.78 is 5.03. The number of amides is 1. The van der Waals surface area contributed by atoms with Crippen LogP contribution in [0.1, 0.15) is 26.3 Å². The number of nitriles is 1. The number of phenols is 1. The highest BCUT2D eigenvalue weighted by atomic mass is 16.6. The van der Waals surface area contributed by atoms with Crippen LogP contribution in [0, 0.1) is 11.3 Å². The molecule has 1 rings (SSSR count). The minimum atomic E-state index is -0.712. The number of ether oxygens (including phenoxy) is 1. The molecule has 0 aliphatic heterocycles. The second kappa shape index (κ2) is 4.74. The van der Waals surface area contributed by atoms with Gasteiger partial charge in [0.15, 0.2) is 0 Å². The minimum absolute atomic E-state index is 0.0595. The number of benzene rings is 1. The van der Waals surface area contributed by atoms with Gasteiger partial charge in [0.2, 0.25) is 0 Å². The summed E-state index contributed by atoms with van der Waals surface area (Å²) in [5, 5.41) is 20.7.